The fourth-order valence-corrected chi connectivity index (χ4v) is 2.01. The Bertz CT molecular complexity index is 378. The predicted molar refractivity (Wildman–Crippen MR) is 63.8 cm³/mol. The molecule has 1 aliphatic heterocycles. The second-order valence-corrected chi connectivity index (χ2v) is 3.97. The molecule has 2 rings (SSSR count). The Morgan fingerprint density at radius 1 is 1.33 bits per heavy atom. The van der Waals surface area contributed by atoms with Crippen molar-refractivity contribution in [3.05, 3.63) is 29.8 Å². The van der Waals surface area contributed by atoms with Gasteiger partial charge in [-0.3, -0.25) is 4.90 Å². The molecule has 78 valence electrons. The topological polar surface area (TPSA) is 6.48 Å². The monoisotopic (exact) mass is 200 g/mol. The quantitative estimate of drug-likeness (QED) is 0.635. The van der Waals surface area contributed by atoms with E-state index in [-0.39, 0.29) is 0 Å². The van der Waals surface area contributed by atoms with Crippen molar-refractivity contribution in [2.45, 2.75) is 6.54 Å². The number of likely N-dealkylation sites (N-methyl/N-ethyl adjacent to an activating group) is 1. The van der Waals surface area contributed by atoms with Crippen LogP contribution in [-0.4, -0.2) is 31.6 Å². The second-order valence-electron chi connectivity index (χ2n) is 3.97. The van der Waals surface area contributed by atoms with E-state index in [4.69, 9.17) is 6.42 Å². The number of hydrogen-bond donors (Lipinski definition) is 0. The van der Waals surface area contributed by atoms with E-state index in [1.807, 2.05) is 0 Å². The van der Waals surface area contributed by atoms with Crippen LogP contribution in [0.2, 0.25) is 0 Å². The van der Waals surface area contributed by atoms with Gasteiger partial charge in [0.2, 0.25) is 0 Å². The van der Waals surface area contributed by atoms with Crippen LogP contribution in [0.3, 0.4) is 0 Å². The predicted octanol–water partition coefficient (Wildman–Crippen LogP) is 1.57. The summed E-state index contributed by atoms with van der Waals surface area (Å²) in [5.41, 5.74) is 2.70. The lowest BCUT2D eigenvalue weighted by molar-refractivity contribution is 0.313. The number of hydrogen-bond acceptors (Lipinski definition) is 2. The normalized spacial score (nSPS) is 16.7. The van der Waals surface area contributed by atoms with Crippen molar-refractivity contribution in [1.82, 2.24) is 4.90 Å². The van der Waals surface area contributed by atoms with Crippen LogP contribution in [0.25, 0.3) is 0 Å². The second kappa shape index (κ2) is 4.37. The first-order valence-corrected chi connectivity index (χ1v) is 5.26. The van der Waals surface area contributed by atoms with Gasteiger partial charge < -0.3 is 4.90 Å². The summed E-state index contributed by atoms with van der Waals surface area (Å²) in [6.45, 7) is 3.78. The fraction of sp³-hybridized carbons (Fsp3) is 0.385. The lowest BCUT2D eigenvalue weighted by Gasteiger charge is -2.18. The Morgan fingerprint density at radius 2 is 2.13 bits per heavy atom. The molecule has 1 heterocycles. The largest absolute Gasteiger partial charge is 0.373 e. The number of benzene rings is 1. The SMILES string of the molecule is C#CCN1CCN(C)c2ccccc2C1. The maximum atomic E-state index is 5.36. The average Bonchev–Trinajstić information content (AvgIpc) is 2.40. The lowest BCUT2D eigenvalue weighted by Crippen LogP contribution is -2.29. The van der Waals surface area contributed by atoms with Crippen LogP contribution < -0.4 is 4.90 Å². The molecular formula is C13H16N2. The third kappa shape index (κ3) is 2.14. The zero-order chi connectivity index (χ0) is 10.7. The lowest BCUT2D eigenvalue weighted by atomic mass is 10.1. The number of rotatable bonds is 1. The number of nitrogens with zero attached hydrogens (tertiary/aromatic N) is 2. The van der Waals surface area contributed by atoms with Crippen LogP contribution in [0, 0.1) is 12.3 Å². The van der Waals surface area contributed by atoms with Crippen molar-refractivity contribution in [2.75, 3.05) is 31.6 Å². The maximum absolute atomic E-state index is 5.36. The van der Waals surface area contributed by atoms with Gasteiger partial charge in [-0.25, -0.2) is 0 Å². The molecule has 0 bridgehead atoms. The molecule has 0 unspecified atom stereocenters. The van der Waals surface area contributed by atoms with E-state index in [2.05, 4.69) is 47.0 Å². The zero-order valence-corrected chi connectivity index (χ0v) is 9.11. The summed E-state index contributed by atoms with van der Waals surface area (Å²) in [5.74, 6) is 2.72. The van der Waals surface area contributed by atoms with E-state index < -0.39 is 0 Å². The van der Waals surface area contributed by atoms with Gasteiger partial charge in [-0.2, -0.15) is 0 Å². The molecule has 1 aromatic carbocycles. The van der Waals surface area contributed by atoms with Gasteiger partial charge in [0.15, 0.2) is 0 Å². The number of anilines is 1. The van der Waals surface area contributed by atoms with Crippen molar-refractivity contribution >= 4 is 5.69 Å². The molecule has 0 fully saturated rings. The molecular weight excluding hydrogens is 184 g/mol. The van der Waals surface area contributed by atoms with Crippen molar-refractivity contribution in [3.63, 3.8) is 0 Å². The number of para-hydroxylation sites is 1. The molecule has 0 amide bonds. The van der Waals surface area contributed by atoms with E-state index in [0.717, 1.165) is 26.2 Å². The van der Waals surface area contributed by atoms with Gasteiger partial charge in [-0.1, -0.05) is 24.1 Å². The van der Waals surface area contributed by atoms with E-state index in [0.29, 0.717) is 0 Å². The minimum absolute atomic E-state index is 0.738. The molecule has 0 saturated heterocycles. The molecule has 0 aromatic heterocycles. The van der Waals surface area contributed by atoms with Crippen LogP contribution in [0.1, 0.15) is 5.56 Å². The molecule has 2 heteroatoms. The van der Waals surface area contributed by atoms with Gasteiger partial charge in [0.1, 0.15) is 0 Å². The van der Waals surface area contributed by atoms with E-state index in [1.54, 1.807) is 0 Å². The minimum Gasteiger partial charge on any atom is -0.373 e. The van der Waals surface area contributed by atoms with Crippen molar-refractivity contribution in [2.24, 2.45) is 0 Å². The Balaban J connectivity index is 2.26. The van der Waals surface area contributed by atoms with Gasteiger partial charge >= 0.3 is 0 Å². The number of fused-ring (bicyclic) bond motifs is 1. The van der Waals surface area contributed by atoms with Crippen molar-refractivity contribution < 1.29 is 0 Å². The van der Waals surface area contributed by atoms with Gasteiger partial charge in [0.05, 0.1) is 6.54 Å². The highest BCUT2D eigenvalue weighted by Crippen LogP contribution is 2.23. The van der Waals surface area contributed by atoms with Crippen LogP contribution in [0.4, 0.5) is 5.69 Å². The molecule has 0 radical (unpaired) electrons. The van der Waals surface area contributed by atoms with Gasteiger partial charge in [-0.05, 0) is 11.6 Å². The summed E-state index contributed by atoms with van der Waals surface area (Å²) in [5, 5.41) is 0. The third-order valence-electron chi connectivity index (χ3n) is 2.86. The van der Waals surface area contributed by atoms with Crippen molar-refractivity contribution in [3.8, 4) is 12.3 Å². The summed E-state index contributed by atoms with van der Waals surface area (Å²) < 4.78 is 0. The summed E-state index contributed by atoms with van der Waals surface area (Å²) in [7, 11) is 2.14. The van der Waals surface area contributed by atoms with E-state index in [9.17, 15) is 0 Å². The smallest absolute Gasteiger partial charge is 0.0602 e. The minimum atomic E-state index is 0.738. The van der Waals surface area contributed by atoms with Gasteiger partial charge in [0, 0.05) is 32.4 Å². The van der Waals surface area contributed by atoms with Gasteiger partial charge in [-0.15, -0.1) is 6.42 Å². The first kappa shape index (κ1) is 10.1. The summed E-state index contributed by atoms with van der Waals surface area (Å²) in [6, 6.07) is 8.54. The highest BCUT2D eigenvalue weighted by molar-refractivity contribution is 5.53. The highest BCUT2D eigenvalue weighted by Gasteiger charge is 2.15. The third-order valence-corrected chi connectivity index (χ3v) is 2.86. The van der Waals surface area contributed by atoms with Crippen LogP contribution in [0.15, 0.2) is 24.3 Å². The molecule has 1 aromatic rings. The van der Waals surface area contributed by atoms with Crippen molar-refractivity contribution in [1.29, 1.82) is 0 Å². The van der Waals surface area contributed by atoms with E-state index >= 15 is 0 Å². The number of terminal acetylenes is 1. The standard InChI is InChI=1S/C13H16N2/c1-3-8-15-10-9-14(2)13-7-5-4-6-12(13)11-15/h1,4-7H,8-11H2,2H3. The Hall–Kier alpha value is -1.46. The highest BCUT2D eigenvalue weighted by atomic mass is 15.2. The van der Waals surface area contributed by atoms with Crippen LogP contribution in [-0.2, 0) is 6.54 Å². The summed E-state index contributed by atoms with van der Waals surface area (Å²) in [6.07, 6.45) is 5.36. The Morgan fingerprint density at radius 3 is 2.93 bits per heavy atom. The van der Waals surface area contributed by atoms with E-state index in [1.165, 1.54) is 11.3 Å². The average molecular weight is 200 g/mol. The summed E-state index contributed by atoms with van der Waals surface area (Å²) in [4.78, 5) is 4.61. The molecule has 0 aliphatic carbocycles. The first-order valence-electron chi connectivity index (χ1n) is 5.26. The Labute approximate surface area is 91.5 Å². The molecule has 2 nitrogen and oxygen atoms in total. The van der Waals surface area contributed by atoms with Crippen LogP contribution in [0.5, 0.6) is 0 Å². The molecule has 1 aliphatic rings. The molecule has 15 heavy (non-hydrogen) atoms. The van der Waals surface area contributed by atoms with Gasteiger partial charge in [0.25, 0.3) is 0 Å². The first-order chi connectivity index (χ1) is 7.31. The molecule has 0 atom stereocenters. The molecule has 0 saturated carbocycles. The fourth-order valence-electron chi connectivity index (χ4n) is 2.01. The Kier molecular flexibility index (Phi) is 2.94. The molecule has 0 spiro atoms. The summed E-state index contributed by atoms with van der Waals surface area (Å²) >= 11 is 0. The maximum Gasteiger partial charge on any atom is 0.0602 e. The zero-order valence-electron chi connectivity index (χ0n) is 9.11. The van der Waals surface area contributed by atoms with Crippen LogP contribution >= 0.6 is 0 Å². The molecule has 0 N–H and O–H groups in total.